The molecule has 3 N–H and O–H groups in total. The summed E-state index contributed by atoms with van der Waals surface area (Å²) in [5.74, 6) is -0.364. The van der Waals surface area contributed by atoms with Crippen LogP contribution in [0.2, 0.25) is 5.02 Å². The number of carbonyl (C=O) groups is 1. The number of guanidine groups is 1. The van der Waals surface area contributed by atoms with Gasteiger partial charge in [0, 0.05) is 5.39 Å². The number of carbonyl (C=O) groups excluding carboxylic acids is 1. The Labute approximate surface area is 143 Å². The predicted molar refractivity (Wildman–Crippen MR) is 94.5 cm³/mol. The van der Waals surface area contributed by atoms with E-state index in [-0.39, 0.29) is 11.9 Å². The fraction of sp³-hybridized carbons (Fsp3) is 0.0588. The Bertz CT molecular complexity index is 955. The smallest absolute Gasteiger partial charge is 0.259 e. The van der Waals surface area contributed by atoms with Gasteiger partial charge in [-0.05, 0) is 25.1 Å². The van der Waals surface area contributed by atoms with Gasteiger partial charge in [0.15, 0.2) is 0 Å². The van der Waals surface area contributed by atoms with Crippen LogP contribution in [0.4, 0.5) is 5.95 Å². The SMILES string of the molecule is Cc1nc(/N=C(\N)NC(=O)c2ccccc2Cl)nc2ccccc12. The van der Waals surface area contributed by atoms with Gasteiger partial charge in [-0.15, -0.1) is 0 Å². The van der Waals surface area contributed by atoms with Crippen molar-refractivity contribution in [1.82, 2.24) is 15.3 Å². The molecule has 0 aliphatic heterocycles. The molecule has 120 valence electrons. The van der Waals surface area contributed by atoms with Gasteiger partial charge in [0.1, 0.15) is 0 Å². The number of fused-ring (bicyclic) bond motifs is 1. The number of nitrogens with two attached hydrogens (primary N) is 1. The number of aromatic nitrogens is 2. The van der Waals surface area contributed by atoms with Gasteiger partial charge < -0.3 is 5.73 Å². The van der Waals surface area contributed by atoms with E-state index in [4.69, 9.17) is 17.3 Å². The van der Waals surface area contributed by atoms with Gasteiger partial charge in [-0.1, -0.05) is 41.9 Å². The molecule has 0 saturated carbocycles. The maximum absolute atomic E-state index is 12.1. The van der Waals surface area contributed by atoms with E-state index in [2.05, 4.69) is 20.3 Å². The van der Waals surface area contributed by atoms with E-state index in [1.165, 1.54) is 0 Å². The third-order valence-corrected chi connectivity index (χ3v) is 3.69. The molecule has 3 rings (SSSR count). The summed E-state index contributed by atoms with van der Waals surface area (Å²) >= 11 is 5.98. The second-order valence-electron chi connectivity index (χ2n) is 5.06. The van der Waals surface area contributed by atoms with Gasteiger partial charge in [-0.25, -0.2) is 9.97 Å². The van der Waals surface area contributed by atoms with Crippen molar-refractivity contribution in [3.05, 3.63) is 64.8 Å². The van der Waals surface area contributed by atoms with E-state index in [0.717, 1.165) is 16.6 Å². The van der Waals surface area contributed by atoms with Gasteiger partial charge in [-0.3, -0.25) is 10.1 Å². The zero-order chi connectivity index (χ0) is 17.1. The molecule has 0 aliphatic rings. The van der Waals surface area contributed by atoms with Crippen molar-refractivity contribution in [2.24, 2.45) is 10.7 Å². The molecule has 0 aliphatic carbocycles. The van der Waals surface area contributed by atoms with Crippen LogP contribution in [-0.4, -0.2) is 21.8 Å². The van der Waals surface area contributed by atoms with E-state index >= 15 is 0 Å². The molecule has 0 spiro atoms. The van der Waals surface area contributed by atoms with Crippen molar-refractivity contribution in [3.63, 3.8) is 0 Å². The monoisotopic (exact) mass is 339 g/mol. The summed E-state index contributed by atoms with van der Waals surface area (Å²) < 4.78 is 0. The largest absolute Gasteiger partial charge is 0.369 e. The molecule has 1 amide bonds. The molecule has 24 heavy (non-hydrogen) atoms. The van der Waals surface area contributed by atoms with Crippen molar-refractivity contribution in [2.45, 2.75) is 6.92 Å². The minimum Gasteiger partial charge on any atom is -0.369 e. The first-order valence-electron chi connectivity index (χ1n) is 7.18. The highest BCUT2D eigenvalue weighted by molar-refractivity contribution is 6.34. The van der Waals surface area contributed by atoms with Crippen LogP contribution in [0.25, 0.3) is 10.9 Å². The summed E-state index contributed by atoms with van der Waals surface area (Å²) in [7, 11) is 0. The maximum Gasteiger partial charge on any atom is 0.259 e. The minimum absolute atomic E-state index is 0.102. The summed E-state index contributed by atoms with van der Waals surface area (Å²) in [4.78, 5) is 24.8. The number of benzene rings is 2. The lowest BCUT2D eigenvalue weighted by molar-refractivity contribution is 0.0977. The van der Waals surface area contributed by atoms with Crippen molar-refractivity contribution in [1.29, 1.82) is 0 Å². The van der Waals surface area contributed by atoms with Crippen molar-refractivity contribution < 1.29 is 4.79 Å². The molecule has 0 atom stereocenters. The van der Waals surface area contributed by atoms with Gasteiger partial charge in [0.05, 0.1) is 21.8 Å². The van der Waals surface area contributed by atoms with Crippen LogP contribution in [0, 0.1) is 6.92 Å². The Morgan fingerprint density at radius 2 is 1.83 bits per heavy atom. The summed E-state index contributed by atoms with van der Waals surface area (Å²) in [6.45, 7) is 1.86. The zero-order valence-electron chi connectivity index (χ0n) is 12.8. The third-order valence-electron chi connectivity index (χ3n) is 3.36. The van der Waals surface area contributed by atoms with Crippen LogP contribution in [0.3, 0.4) is 0 Å². The normalized spacial score (nSPS) is 11.5. The molecule has 0 unspecified atom stereocenters. The topological polar surface area (TPSA) is 93.3 Å². The van der Waals surface area contributed by atoms with Gasteiger partial charge >= 0.3 is 0 Å². The van der Waals surface area contributed by atoms with E-state index in [1.54, 1.807) is 24.3 Å². The number of aliphatic imine (C=N–C) groups is 1. The first-order valence-corrected chi connectivity index (χ1v) is 7.56. The first-order chi connectivity index (χ1) is 11.5. The van der Waals surface area contributed by atoms with E-state index in [9.17, 15) is 4.79 Å². The van der Waals surface area contributed by atoms with Crippen LogP contribution in [-0.2, 0) is 0 Å². The Balaban J connectivity index is 1.86. The maximum atomic E-state index is 12.1. The van der Waals surface area contributed by atoms with Gasteiger partial charge in [0.2, 0.25) is 5.96 Å². The Hall–Kier alpha value is -2.99. The second kappa shape index (κ2) is 6.64. The van der Waals surface area contributed by atoms with Crippen molar-refractivity contribution in [2.75, 3.05) is 0 Å². The summed E-state index contributed by atoms with van der Waals surface area (Å²) in [5, 5.41) is 3.75. The first kappa shape index (κ1) is 15.9. The summed E-state index contributed by atoms with van der Waals surface area (Å²) in [6, 6.07) is 14.3. The molecule has 0 fully saturated rings. The highest BCUT2D eigenvalue weighted by Crippen LogP contribution is 2.18. The molecule has 0 saturated heterocycles. The number of halogens is 1. The van der Waals surface area contributed by atoms with E-state index in [1.807, 2.05) is 31.2 Å². The molecule has 3 aromatic rings. The molecule has 2 aromatic carbocycles. The Morgan fingerprint density at radius 1 is 1.12 bits per heavy atom. The molecular formula is C17H14ClN5O. The molecule has 6 nitrogen and oxygen atoms in total. The van der Waals surface area contributed by atoms with Crippen LogP contribution >= 0.6 is 11.6 Å². The number of amides is 1. The number of aryl methyl sites for hydroxylation is 1. The van der Waals surface area contributed by atoms with Crippen molar-refractivity contribution in [3.8, 4) is 0 Å². The molecule has 7 heteroatoms. The molecule has 0 bridgehead atoms. The number of para-hydroxylation sites is 1. The molecule has 1 aromatic heterocycles. The third kappa shape index (κ3) is 3.33. The highest BCUT2D eigenvalue weighted by atomic mass is 35.5. The van der Waals surface area contributed by atoms with Crippen LogP contribution in [0.15, 0.2) is 53.5 Å². The molecule has 0 radical (unpaired) electrons. The standard InChI is InChI=1S/C17H14ClN5O/c1-10-11-6-3-5-9-14(11)21-17(20-10)23-16(19)22-15(24)12-7-2-4-8-13(12)18/h2-9H,1H3,(H3,19,20,21,22,23,24). The second-order valence-corrected chi connectivity index (χ2v) is 5.46. The average molecular weight is 340 g/mol. The van der Waals surface area contributed by atoms with E-state index < -0.39 is 5.91 Å². The predicted octanol–water partition coefficient (Wildman–Crippen LogP) is 2.97. The van der Waals surface area contributed by atoms with Gasteiger partial charge in [0.25, 0.3) is 11.9 Å². The minimum atomic E-state index is -0.445. The molecule has 1 heterocycles. The lowest BCUT2D eigenvalue weighted by Crippen LogP contribution is -2.36. The van der Waals surface area contributed by atoms with Crippen molar-refractivity contribution >= 4 is 40.3 Å². The number of nitrogens with zero attached hydrogens (tertiary/aromatic N) is 3. The Morgan fingerprint density at radius 3 is 2.62 bits per heavy atom. The van der Waals surface area contributed by atoms with Crippen LogP contribution in [0.5, 0.6) is 0 Å². The quantitative estimate of drug-likeness (QED) is 0.554. The number of nitrogens with one attached hydrogen (secondary N) is 1. The molecular weight excluding hydrogens is 326 g/mol. The number of rotatable bonds is 2. The van der Waals surface area contributed by atoms with E-state index in [0.29, 0.717) is 10.6 Å². The highest BCUT2D eigenvalue weighted by Gasteiger charge is 2.11. The number of hydrogen-bond acceptors (Lipinski definition) is 4. The van der Waals surface area contributed by atoms with Gasteiger partial charge in [-0.2, -0.15) is 4.99 Å². The summed E-state index contributed by atoms with van der Waals surface area (Å²) in [5.41, 5.74) is 7.64. The average Bonchev–Trinajstić information content (AvgIpc) is 2.55. The lowest BCUT2D eigenvalue weighted by atomic mass is 10.2. The summed E-state index contributed by atoms with van der Waals surface area (Å²) in [6.07, 6.45) is 0. The fourth-order valence-electron chi connectivity index (χ4n) is 2.23. The number of hydrogen-bond donors (Lipinski definition) is 2. The van der Waals surface area contributed by atoms with Crippen LogP contribution < -0.4 is 11.1 Å². The zero-order valence-corrected chi connectivity index (χ0v) is 13.6. The lowest BCUT2D eigenvalue weighted by Gasteiger charge is -2.06. The van der Waals surface area contributed by atoms with Crippen LogP contribution in [0.1, 0.15) is 16.1 Å². The fourth-order valence-corrected chi connectivity index (χ4v) is 2.46. The Kier molecular flexibility index (Phi) is 4.39.